The highest BCUT2D eigenvalue weighted by atomic mass is 15.4. The van der Waals surface area contributed by atoms with E-state index in [1.807, 2.05) is 0 Å². The van der Waals surface area contributed by atoms with Crippen LogP contribution in [0.1, 0.15) is 38.2 Å². The van der Waals surface area contributed by atoms with Crippen LogP contribution in [-0.2, 0) is 0 Å². The molecule has 1 fully saturated rings. The lowest BCUT2D eigenvalue weighted by Gasteiger charge is -2.41. The van der Waals surface area contributed by atoms with Gasteiger partial charge in [0.05, 0.1) is 12.1 Å². The smallest absolute Gasteiger partial charge is 0.196 e. The van der Waals surface area contributed by atoms with Crippen molar-refractivity contribution in [2.75, 3.05) is 11.4 Å². The Morgan fingerprint density at radius 2 is 2.00 bits per heavy atom. The van der Waals surface area contributed by atoms with E-state index >= 15 is 0 Å². The molecule has 1 aromatic carbocycles. The molecule has 19 heavy (non-hydrogen) atoms. The lowest BCUT2D eigenvalue weighted by Crippen LogP contribution is -2.51. The maximum atomic E-state index is 6.14. The van der Waals surface area contributed by atoms with Gasteiger partial charge in [-0.05, 0) is 38.3 Å². The van der Waals surface area contributed by atoms with Gasteiger partial charge in [0.1, 0.15) is 0 Å². The van der Waals surface area contributed by atoms with Gasteiger partial charge in [0, 0.05) is 5.69 Å². The van der Waals surface area contributed by atoms with Crippen molar-refractivity contribution in [1.82, 2.24) is 0 Å². The fourth-order valence-electron chi connectivity index (χ4n) is 3.28. The molecule has 0 aromatic heterocycles. The molecule has 1 atom stereocenters. The number of rotatable bonds is 3. The predicted octanol–water partition coefficient (Wildman–Crippen LogP) is 3.08. The Labute approximate surface area is 115 Å². The first-order chi connectivity index (χ1) is 9.08. The highest BCUT2D eigenvalue weighted by molar-refractivity contribution is 5.98. The molecule has 1 heterocycles. The summed E-state index contributed by atoms with van der Waals surface area (Å²) >= 11 is 0. The molecule has 2 N–H and O–H groups in total. The molecule has 0 saturated heterocycles. The van der Waals surface area contributed by atoms with Gasteiger partial charge < -0.3 is 10.6 Å². The van der Waals surface area contributed by atoms with Crippen LogP contribution >= 0.6 is 0 Å². The van der Waals surface area contributed by atoms with Gasteiger partial charge in [0.15, 0.2) is 5.96 Å². The average molecular weight is 257 g/mol. The normalized spacial score (nSPS) is 27.3. The summed E-state index contributed by atoms with van der Waals surface area (Å²) in [5, 5.41) is 0. The van der Waals surface area contributed by atoms with E-state index in [1.54, 1.807) is 0 Å². The van der Waals surface area contributed by atoms with E-state index in [4.69, 9.17) is 5.73 Å². The van der Waals surface area contributed by atoms with Crippen LogP contribution in [0.4, 0.5) is 5.69 Å². The third-order valence-corrected chi connectivity index (χ3v) is 4.60. The van der Waals surface area contributed by atoms with Crippen molar-refractivity contribution < 1.29 is 0 Å². The number of nitrogens with zero attached hydrogens (tertiary/aromatic N) is 2. The van der Waals surface area contributed by atoms with E-state index < -0.39 is 0 Å². The first-order valence-corrected chi connectivity index (χ1v) is 7.25. The Morgan fingerprint density at radius 1 is 1.32 bits per heavy atom. The van der Waals surface area contributed by atoms with Crippen LogP contribution in [0.25, 0.3) is 0 Å². The SMILES string of the molecule is Cc1ccc(N2C(N)=NCC2(C)CC2CCC2)cc1. The summed E-state index contributed by atoms with van der Waals surface area (Å²) in [7, 11) is 0. The quantitative estimate of drug-likeness (QED) is 0.904. The minimum absolute atomic E-state index is 0.0599. The van der Waals surface area contributed by atoms with Gasteiger partial charge in [-0.25, -0.2) is 0 Å². The Kier molecular flexibility index (Phi) is 3.00. The van der Waals surface area contributed by atoms with E-state index in [2.05, 4.69) is 48.0 Å². The second-order valence-corrected chi connectivity index (χ2v) is 6.34. The Morgan fingerprint density at radius 3 is 2.58 bits per heavy atom. The van der Waals surface area contributed by atoms with Gasteiger partial charge in [-0.2, -0.15) is 0 Å². The van der Waals surface area contributed by atoms with Crippen molar-refractivity contribution in [3.05, 3.63) is 29.8 Å². The highest BCUT2D eigenvalue weighted by Gasteiger charge is 2.41. The summed E-state index contributed by atoms with van der Waals surface area (Å²) < 4.78 is 0. The van der Waals surface area contributed by atoms with Crippen molar-refractivity contribution in [2.45, 2.75) is 45.1 Å². The lowest BCUT2D eigenvalue weighted by molar-refractivity contribution is 0.243. The highest BCUT2D eigenvalue weighted by Crippen LogP contribution is 2.39. The van der Waals surface area contributed by atoms with E-state index in [0.29, 0.717) is 5.96 Å². The molecule has 3 rings (SSSR count). The van der Waals surface area contributed by atoms with Gasteiger partial charge in [0.2, 0.25) is 0 Å². The molecule has 0 amide bonds. The lowest BCUT2D eigenvalue weighted by atomic mass is 9.76. The summed E-state index contributed by atoms with van der Waals surface area (Å²) in [5.74, 6) is 1.53. The molecule has 0 spiro atoms. The summed E-state index contributed by atoms with van der Waals surface area (Å²) in [6.07, 6.45) is 5.33. The van der Waals surface area contributed by atoms with Crippen molar-refractivity contribution in [3.8, 4) is 0 Å². The Bertz CT molecular complexity index is 487. The van der Waals surface area contributed by atoms with Crippen LogP contribution in [0.3, 0.4) is 0 Å². The minimum atomic E-state index is 0.0599. The number of nitrogens with two attached hydrogens (primary N) is 1. The maximum absolute atomic E-state index is 6.14. The van der Waals surface area contributed by atoms with E-state index in [9.17, 15) is 0 Å². The largest absolute Gasteiger partial charge is 0.369 e. The number of guanidine groups is 1. The molecule has 0 radical (unpaired) electrons. The van der Waals surface area contributed by atoms with Gasteiger partial charge in [0.25, 0.3) is 0 Å². The van der Waals surface area contributed by atoms with Gasteiger partial charge in [-0.1, -0.05) is 37.0 Å². The number of hydrogen-bond acceptors (Lipinski definition) is 3. The zero-order valence-electron chi connectivity index (χ0n) is 11.9. The first kappa shape index (κ1) is 12.5. The molecule has 1 aromatic rings. The van der Waals surface area contributed by atoms with Crippen LogP contribution in [0.2, 0.25) is 0 Å². The summed E-state index contributed by atoms with van der Waals surface area (Å²) in [4.78, 5) is 6.74. The van der Waals surface area contributed by atoms with Crippen LogP contribution < -0.4 is 10.6 Å². The van der Waals surface area contributed by atoms with Gasteiger partial charge in [-0.15, -0.1) is 0 Å². The van der Waals surface area contributed by atoms with E-state index in [1.165, 1.54) is 36.9 Å². The number of aliphatic imine (C=N–C) groups is 1. The van der Waals surface area contributed by atoms with Crippen molar-refractivity contribution in [3.63, 3.8) is 0 Å². The van der Waals surface area contributed by atoms with E-state index in [0.717, 1.165) is 12.5 Å². The zero-order chi connectivity index (χ0) is 13.5. The van der Waals surface area contributed by atoms with Crippen LogP contribution in [0.15, 0.2) is 29.3 Å². The maximum Gasteiger partial charge on any atom is 0.196 e. The molecule has 2 aliphatic rings. The summed E-state index contributed by atoms with van der Waals surface area (Å²) in [6.45, 7) is 5.23. The fraction of sp³-hybridized carbons (Fsp3) is 0.562. The van der Waals surface area contributed by atoms with Crippen LogP contribution in [0.5, 0.6) is 0 Å². The number of benzene rings is 1. The Hall–Kier alpha value is -1.51. The Balaban J connectivity index is 1.86. The number of hydrogen-bond donors (Lipinski definition) is 1. The summed E-state index contributed by atoms with van der Waals surface area (Å²) in [6, 6.07) is 8.60. The van der Waals surface area contributed by atoms with Gasteiger partial charge in [-0.3, -0.25) is 4.99 Å². The third-order valence-electron chi connectivity index (χ3n) is 4.60. The number of anilines is 1. The predicted molar refractivity (Wildman–Crippen MR) is 80.5 cm³/mol. The molecule has 1 saturated carbocycles. The molecule has 1 aliphatic carbocycles. The molecule has 102 valence electrons. The molecular formula is C16H23N3. The monoisotopic (exact) mass is 257 g/mol. The third kappa shape index (κ3) is 2.22. The fourth-order valence-corrected chi connectivity index (χ4v) is 3.28. The molecule has 3 nitrogen and oxygen atoms in total. The topological polar surface area (TPSA) is 41.6 Å². The average Bonchev–Trinajstić information content (AvgIpc) is 2.63. The molecule has 3 heteroatoms. The second-order valence-electron chi connectivity index (χ2n) is 6.34. The molecule has 0 bridgehead atoms. The first-order valence-electron chi connectivity index (χ1n) is 7.25. The second kappa shape index (κ2) is 4.55. The van der Waals surface area contributed by atoms with E-state index in [-0.39, 0.29) is 5.54 Å². The summed E-state index contributed by atoms with van der Waals surface area (Å²) in [5.41, 5.74) is 8.65. The van der Waals surface area contributed by atoms with Crippen LogP contribution in [-0.4, -0.2) is 18.0 Å². The molecular weight excluding hydrogens is 234 g/mol. The van der Waals surface area contributed by atoms with Crippen molar-refractivity contribution in [2.24, 2.45) is 16.6 Å². The molecule has 1 aliphatic heterocycles. The van der Waals surface area contributed by atoms with Gasteiger partial charge >= 0.3 is 0 Å². The zero-order valence-corrected chi connectivity index (χ0v) is 11.9. The minimum Gasteiger partial charge on any atom is -0.369 e. The molecule has 1 unspecified atom stereocenters. The number of aryl methyl sites for hydroxylation is 1. The van der Waals surface area contributed by atoms with Crippen molar-refractivity contribution in [1.29, 1.82) is 0 Å². The van der Waals surface area contributed by atoms with Crippen LogP contribution in [0, 0.1) is 12.8 Å². The van der Waals surface area contributed by atoms with Crippen molar-refractivity contribution >= 4 is 11.6 Å². The standard InChI is InChI=1S/C16H23N3/c1-12-6-8-14(9-7-12)19-15(17)18-11-16(19,2)10-13-4-3-5-13/h6-9,13H,3-5,10-11H2,1-2H3,(H2,17,18).